The maximum atomic E-state index is 12.8. The van der Waals surface area contributed by atoms with Crippen molar-refractivity contribution in [1.29, 1.82) is 0 Å². The quantitative estimate of drug-likeness (QED) is 0.486. The fraction of sp³-hybridized carbons (Fsp3) is 0.333. The average molecular weight is 448 g/mol. The molecule has 1 amide bonds. The second-order valence-electron chi connectivity index (χ2n) is 8.20. The summed E-state index contributed by atoms with van der Waals surface area (Å²) >= 11 is 1.65. The largest absolute Gasteiger partial charge is 0.381 e. The average Bonchev–Trinajstić information content (AvgIpc) is 3.48. The number of hydrogen-bond donors (Lipinski definition) is 1. The first kappa shape index (κ1) is 20.8. The lowest BCUT2D eigenvalue weighted by Gasteiger charge is -2.22. The van der Waals surface area contributed by atoms with E-state index in [4.69, 9.17) is 4.74 Å². The number of thiophene rings is 1. The first-order valence-electron chi connectivity index (χ1n) is 10.8. The smallest absolute Gasteiger partial charge is 0.269 e. The van der Waals surface area contributed by atoms with E-state index in [9.17, 15) is 4.79 Å². The summed E-state index contributed by atoms with van der Waals surface area (Å²) < 4.78 is 8.28. The van der Waals surface area contributed by atoms with Crippen molar-refractivity contribution in [2.75, 3.05) is 19.8 Å². The van der Waals surface area contributed by atoms with Gasteiger partial charge in [-0.1, -0.05) is 6.07 Å². The minimum absolute atomic E-state index is 0.115. The summed E-state index contributed by atoms with van der Waals surface area (Å²) in [5, 5.41) is 9.30. The van der Waals surface area contributed by atoms with Gasteiger partial charge in [-0.25, -0.2) is 4.98 Å². The van der Waals surface area contributed by atoms with Crippen LogP contribution in [0.15, 0.2) is 48.2 Å². The van der Waals surface area contributed by atoms with Gasteiger partial charge in [0.05, 0.1) is 22.1 Å². The molecule has 1 saturated heterocycles. The monoisotopic (exact) mass is 447 g/mol. The van der Waals surface area contributed by atoms with Crippen LogP contribution in [-0.4, -0.2) is 45.4 Å². The number of ether oxygens (including phenoxy) is 1. The van der Waals surface area contributed by atoms with Crippen molar-refractivity contribution in [1.82, 2.24) is 25.1 Å². The van der Waals surface area contributed by atoms with Crippen molar-refractivity contribution in [3.8, 4) is 11.3 Å². The van der Waals surface area contributed by atoms with Gasteiger partial charge >= 0.3 is 0 Å². The van der Waals surface area contributed by atoms with Gasteiger partial charge in [0.1, 0.15) is 5.69 Å². The van der Waals surface area contributed by atoms with E-state index >= 15 is 0 Å². The molecule has 32 heavy (non-hydrogen) atoms. The second kappa shape index (κ2) is 9.18. The van der Waals surface area contributed by atoms with Gasteiger partial charge in [-0.2, -0.15) is 5.10 Å². The fourth-order valence-electron chi connectivity index (χ4n) is 4.02. The van der Waals surface area contributed by atoms with Crippen molar-refractivity contribution in [2.24, 2.45) is 13.0 Å². The molecule has 0 radical (unpaired) electrons. The Morgan fingerprint density at radius 3 is 2.88 bits per heavy atom. The molecule has 0 spiro atoms. The molecule has 0 bridgehead atoms. The van der Waals surface area contributed by atoms with Crippen LogP contribution < -0.4 is 5.32 Å². The highest BCUT2D eigenvalue weighted by Crippen LogP contribution is 2.27. The number of carbonyl (C=O) groups is 1. The highest BCUT2D eigenvalue weighted by atomic mass is 32.1. The topological polar surface area (TPSA) is 81.9 Å². The molecule has 7 nitrogen and oxygen atoms in total. The summed E-state index contributed by atoms with van der Waals surface area (Å²) in [6.07, 6.45) is 8.33. The molecular weight excluding hydrogens is 422 g/mol. The molecule has 164 valence electrons. The summed E-state index contributed by atoms with van der Waals surface area (Å²) in [6.45, 7) is 2.22. The lowest BCUT2D eigenvalue weighted by atomic mass is 10.0. The predicted octanol–water partition coefficient (Wildman–Crippen LogP) is 3.84. The van der Waals surface area contributed by atoms with Crippen LogP contribution in [0.1, 0.15) is 34.5 Å². The van der Waals surface area contributed by atoms with Gasteiger partial charge in [-0.3, -0.25) is 14.5 Å². The van der Waals surface area contributed by atoms with Crippen molar-refractivity contribution < 1.29 is 9.53 Å². The molecule has 1 N–H and O–H groups in total. The van der Waals surface area contributed by atoms with Crippen LogP contribution >= 0.6 is 11.3 Å². The van der Waals surface area contributed by atoms with E-state index in [-0.39, 0.29) is 5.91 Å². The Labute approximate surface area is 190 Å². The van der Waals surface area contributed by atoms with Gasteiger partial charge in [0, 0.05) is 51.2 Å². The third-order valence-corrected chi connectivity index (χ3v) is 6.81. The molecular formula is C24H25N5O2S. The third kappa shape index (κ3) is 4.56. The molecule has 4 aromatic rings. The zero-order valence-electron chi connectivity index (χ0n) is 18.0. The molecule has 4 aromatic heterocycles. The van der Waals surface area contributed by atoms with Crippen LogP contribution in [-0.2, 0) is 18.2 Å². The molecule has 0 saturated carbocycles. The van der Waals surface area contributed by atoms with E-state index in [1.165, 1.54) is 0 Å². The Morgan fingerprint density at radius 1 is 1.25 bits per heavy atom. The van der Waals surface area contributed by atoms with Crippen LogP contribution in [0.25, 0.3) is 21.5 Å². The van der Waals surface area contributed by atoms with E-state index in [2.05, 4.69) is 26.4 Å². The van der Waals surface area contributed by atoms with Gasteiger partial charge in [-0.05, 0) is 53.5 Å². The Kier molecular flexibility index (Phi) is 5.96. The van der Waals surface area contributed by atoms with Gasteiger partial charge in [0.15, 0.2) is 0 Å². The number of rotatable bonds is 6. The maximum Gasteiger partial charge on any atom is 0.269 e. The summed E-state index contributed by atoms with van der Waals surface area (Å²) in [6, 6.07) is 8.00. The molecule has 0 atom stereocenters. The van der Waals surface area contributed by atoms with Crippen LogP contribution in [0.4, 0.5) is 0 Å². The van der Waals surface area contributed by atoms with Gasteiger partial charge in [-0.15, -0.1) is 11.3 Å². The molecule has 1 aliphatic rings. The minimum atomic E-state index is -0.115. The summed E-state index contributed by atoms with van der Waals surface area (Å²) in [4.78, 5) is 22.1. The van der Waals surface area contributed by atoms with Crippen molar-refractivity contribution in [3.05, 3.63) is 65.1 Å². The Morgan fingerprint density at radius 2 is 2.12 bits per heavy atom. The number of hydrogen-bond acceptors (Lipinski definition) is 6. The molecule has 0 unspecified atom stereocenters. The SMILES string of the molecule is Cn1cc(-c2ccc(Cc3cc(C(=O)NCC4CCOCC4)nc4ccsc34)cn2)cn1. The third-order valence-electron chi connectivity index (χ3n) is 5.83. The van der Waals surface area contributed by atoms with E-state index < -0.39 is 0 Å². The van der Waals surface area contributed by atoms with E-state index in [1.54, 1.807) is 16.0 Å². The first-order chi connectivity index (χ1) is 15.7. The first-order valence-corrected chi connectivity index (χ1v) is 11.7. The van der Waals surface area contributed by atoms with E-state index in [0.29, 0.717) is 24.6 Å². The summed E-state index contributed by atoms with van der Waals surface area (Å²) in [5.41, 5.74) is 5.41. The zero-order valence-corrected chi connectivity index (χ0v) is 18.8. The highest BCUT2D eigenvalue weighted by Gasteiger charge is 2.17. The van der Waals surface area contributed by atoms with Crippen molar-refractivity contribution in [3.63, 3.8) is 0 Å². The number of nitrogens with zero attached hydrogens (tertiary/aromatic N) is 4. The van der Waals surface area contributed by atoms with E-state index in [1.807, 2.05) is 49.2 Å². The van der Waals surface area contributed by atoms with Crippen LogP contribution in [0.3, 0.4) is 0 Å². The molecule has 8 heteroatoms. The maximum absolute atomic E-state index is 12.8. The Balaban J connectivity index is 1.34. The lowest BCUT2D eigenvalue weighted by molar-refractivity contribution is 0.0642. The Hall–Kier alpha value is -3.10. The minimum Gasteiger partial charge on any atom is -0.381 e. The summed E-state index contributed by atoms with van der Waals surface area (Å²) in [5.74, 6) is 0.359. The number of fused-ring (bicyclic) bond motifs is 1. The van der Waals surface area contributed by atoms with Gasteiger partial charge in [0.25, 0.3) is 5.91 Å². The second-order valence-corrected chi connectivity index (χ2v) is 9.11. The lowest BCUT2D eigenvalue weighted by Crippen LogP contribution is -2.32. The normalized spacial score (nSPS) is 14.7. The van der Waals surface area contributed by atoms with Crippen molar-refractivity contribution in [2.45, 2.75) is 19.3 Å². The number of aryl methyl sites for hydroxylation is 1. The molecule has 5 rings (SSSR count). The van der Waals surface area contributed by atoms with Crippen LogP contribution in [0, 0.1) is 5.92 Å². The number of carbonyl (C=O) groups excluding carboxylic acids is 1. The number of nitrogens with one attached hydrogen (secondary N) is 1. The fourth-order valence-corrected chi connectivity index (χ4v) is 4.87. The zero-order chi connectivity index (χ0) is 21.9. The standard InChI is InChI=1S/C24H25N5O2S/c1-29-15-19(14-27-29)20-3-2-17(13-25-20)10-18-11-22(28-21-6-9-32-23(18)21)24(30)26-12-16-4-7-31-8-5-16/h2-3,6,9,11,13-16H,4-5,7-8,10,12H2,1H3,(H,26,30). The van der Waals surface area contributed by atoms with Crippen LogP contribution in [0.2, 0.25) is 0 Å². The van der Waals surface area contributed by atoms with Crippen molar-refractivity contribution >= 4 is 27.5 Å². The molecule has 5 heterocycles. The number of amides is 1. The summed E-state index contributed by atoms with van der Waals surface area (Å²) in [7, 11) is 1.89. The highest BCUT2D eigenvalue weighted by molar-refractivity contribution is 7.17. The Bertz CT molecular complexity index is 1220. The molecule has 0 aromatic carbocycles. The van der Waals surface area contributed by atoms with E-state index in [0.717, 1.165) is 58.7 Å². The predicted molar refractivity (Wildman–Crippen MR) is 125 cm³/mol. The molecule has 1 aliphatic heterocycles. The van der Waals surface area contributed by atoms with Gasteiger partial charge in [0.2, 0.25) is 0 Å². The molecule has 1 fully saturated rings. The van der Waals surface area contributed by atoms with Gasteiger partial charge < -0.3 is 10.1 Å². The molecule has 0 aliphatic carbocycles. The number of aromatic nitrogens is 4. The van der Waals surface area contributed by atoms with Crippen LogP contribution in [0.5, 0.6) is 0 Å². The number of pyridine rings is 2.